The number of imide groups is 1. The number of nitrogens with zero attached hydrogens (tertiary/aromatic N) is 1. The van der Waals surface area contributed by atoms with Crippen LogP contribution in [0.2, 0.25) is 0 Å². The second kappa shape index (κ2) is 6.84. The van der Waals surface area contributed by atoms with Gasteiger partial charge in [-0.15, -0.1) is 0 Å². The van der Waals surface area contributed by atoms with Crippen LogP contribution in [0.4, 0.5) is 4.79 Å². The van der Waals surface area contributed by atoms with Crippen molar-refractivity contribution in [2.24, 2.45) is 0 Å². The first kappa shape index (κ1) is 16.2. The van der Waals surface area contributed by atoms with Crippen molar-refractivity contribution in [3.8, 4) is 0 Å². The number of nitrogens with one attached hydrogen (secondary N) is 2. The van der Waals surface area contributed by atoms with Gasteiger partial charge in [0.2, 0.25) is 0 Å². The highest BCUT2D eigenvalue weighted by atomic mass is 16.2. The highest BCUT2D eigenvalue weighted by Gasteiger charge is 2.53. The molecule has 1 aliphatic rings. The zero-order valence-corrected chi connectivity index (χ0v) is 13.7. The maximum atomic E-state index is 13.2. The van der Waals surface area contributed by atoms with Gasteiger partial charge < -0.3 is 5.32 Å². The molecule has 5 nitrogen and oxygen atoms in total. The van der Waals surface area contributed by atoms with Gasteiger partial charge in [0.25, 0.3) is 5.91 Å². The van der Waals surface area contributed by atoms with Gasteiger partial charge in [0.05, 0.1) is 0 Å². The van der Waals surface area contributed by atoms with Crippen LogP contribution in [0.3, 0.4) is 0 Å². The lowest BCUT2D eigenvalue weighted by Crippen LogP contribution is -2.47. The third-order valence-corrected chi connectivity index (χ3v) is 4.24. The number of carbonyl (C=O) groups excluding carboxylic acids is 2. The van der Waals surface area contributed by atoms with Gasteiger partial charge in [0.1, 0.15) is 0 Å². The molecule has 3 amide bonds. The van der Waals surface area contributed by atoms with E-state index < -0.39 is 11.6 Å². The number of hydrogen-bond acceptors (Lipinski definition) is 3. The van der Waals surface area contributed by atoms with Gasteiger partial charge in [-0.1, -0.05) is 74.0 Å². The summed E-state index contributed by atoms with van der Waals surface area (Å²) >= 11 is 0. The van der Waals surface area contributed by atoms with Crippen molar-refractivity contribution in [1.29, 1.82) is 0 Å². The topological polar surface area (TPSA) is 61.4 Å². The molecule has 0 unspecified atom stereocenters. The number of amides is 3. The largest absolute Gasteiger partial charge is 0.340 e. The van der Waals surface area contributed by atoms with E-state index in [2.05, 4.69) is 17.7 Å². The molecule has 0 spiro atoms. The predicted octanol–water partition coefficient (Wildman–Crippen LogP) is 2.79. The summed E-state index contributed by atoms with van der Waals surface area (Å²) in [5, 5.41) is 4.01. The Morgan fingerprint density at radius 1 is 0.958 bits per heavy atom. The van der Waals surface area contributed by atoms with Gasteiger partial charge in [-0.25, -0.2) is 10.2 Å². The van der Waals surface area contributed by atoms with Gasteiger partial charge in [-0.05, 0) is 17.5 Å². The second-order valence-corrected chi connectivity index (χ2v) is 5.81. The van der Waals surface area contributed by atoms with Crippen LogP contribution in [0, 0.1) is 0 Å². The van der Waals surface area contributed by atoms with Crippen molar-refractivity contribution in [2.45, 2.75) is 25.3 Å². The maximum absolute atomic E-state index is 13.2. The molecule has 0 aromatic heterocycles. The average Bonchev–Trinajstić information content (AvgIpc) is 2.89. The quantitative estimate of drug-likeness (QED) is 0.635. The predicted molar refractivity (Wildman–Crippen MR) is 92.0 cm³/mol. The second-order valence-electron chi connectivity index (χ2n) is 5.81. The summed E-state index contributed by atoms with van der Waals surface area (Å²) in [6, 6.07) is 18.3. The van der Waals surface area contributed by atoms with Crippen LogP contribution < -0.4 is 10.7 Å². The first-order chi connectivity index (χ1) is 11.7. The van der Waals surface area contributed by atoms with Crippen molar-refractivity contribution in [1.82, 2.24) is 15.8 Å². The maximum Gasteiger partial charge on any atom is 0.340 e. The van der Waals surface area contributed by atoms with Crippen LogP contribution >= 0.6 is 0 Å². The molecule has 0 radical (unpaired) electrons. The molecule has 0 saturated carbocycles. The van der Waals surface area contributed by atoms with Gasteiger partial charge in [0, 0.05) is 6.54 Å². The van der Waals surface area contributed by atoms with Crippen molar-refractivity contribution in [3.05, 3.63) is 71.8 Å². The van der Waals surface area contributed by atoms with E-state index in [-0.39, 0.29) is 5.91 Å². The molecule has 2 aromatic rings. The molecule has 24 heavy (non-hydrogen) atoms. The standard InChI is InChI=1S/C19H21N3O2/c1-2-3-14-20-22-17(23)19(21-18(22)24,15-10-6-4-7-11-15)16-12-8-5-9-13-16/h4-13,20H,2-3,14H2,1H3,(H,21,24). The van der Waals surface area contributed by atoms with Crippen LogP contribution in [0.5, 0.6) is 0 Å². The van der Waals surface area contributed by atoms with E-state index in [4.69, 9.17) is 0 Å². The molecule has 0 bridgehead atoms. The fraction of sp³-hybridized carbons (Fsp3) is 0.263. The Morgan fingerprint density at radius 3 is 2.00 bits per heavy atom. The van der Waals surface area contributed by atoms with E-state index >= 15 is 0 Å². The number of rotatable bonds is 6. The minimum atomic E-state index is -1.20. The Bertz CT molecular complexity index is 676. The normalized spacial score (nSPS) is 16.3. The Balaban J connectivity index is 2.04. The minimum absolute atomic E-state index is 0.305. The first-order valence-electron chi connectivity index (χ1n) is 8.21. The Kier molecular flexibility index (Phi) is 4.62. The third-order valence-electron chi connectivity index (χ3n) is 4.24. The molecule has 0 aliphatic carbocycles. The molecule has 2 aromatic carbocycles. The van der Waals surface area contributed by atoms with E-state index in [1.165, 1.54) is 0 Å². The zero-order chi connectivity index (χ0) is 17.0. The lowest BCUT2D eigenvalue weighted by molar-refractivity contribution is -0.132. The fourth-order valence-corrected chi connectivity index (χ4v) is 2.98. The molecule has 2 N–H and O–H groups in total. The molecule has 1 saturated heterocycles. The lowest BCUT2D eigenvalue weighted by Gasteiger charge is -2.27. The number of hydrogen-bond donors (Lipinski definition) is 2. The van der Waals surface area contributed by atoms with E-state index in [9.17, 15) is 9.59 Å². The molecular formula is C19H21N3O2. The molecule has 3 rings (SSSR count). The number of urea groups is 1. The molecule has 5 heteroatoms. The van der Waals surface area contributed by atoms with Crippen molar-refractivity contribution in [2.75, 3.05) is 6.54 Å². The van der Waals surface area contributed by atoms with Crippen molar-refractivity contribution < 1.29 is 9.59 Å². The van der Waals surface area contributed by atoms with Gasteiger partial charge in [0.15, 0.2) is 5.54 Å². The van der Waals surface area contributed by atoms with Crippen LogP contribution in [-0.2, 0) is 10.3 Å². The summed E-state index contributed by atoms with van der Waals surface area (Å²) in [5.74, 6) is -0.305. The highest BCUT2D eigenvalue weighted by molar-refractivity contribution is 6.09. The Hall–Kier alpha value is -2.66. The lowest BCUT2D eigenvalue weighted by atomic mass is 9.83. The monoisotopic (exact) mass is 323 g/mol. The number of carbonyl (C=O) groups is 2. The third kappa shape index (κ3) is 2.67. The average molecular weight is 323 g/mol. The van der Waals surface area contributed by atoms with Gasteiger partial charge in [-0.3, -0.25) is 4.79 Å². The smallest absolute Gasteiger partial charge is 0.314 e. The highest BCUT2D eigenvalue weighted by Crippen LogP contribution is 2.35. The van der Waals surface area contributed by atoms with Crippen molar-refractivity contribution >= 4 is 11.9 Å². The van der Waals surface area contributed by atoms with Gasteiger partial charge in [-0.2, -0.15) is 5.01 Å². The SMILES string of the molecule is CCCCNN1C(=O)NC(c2ccccc2)(c2ccccc2)C1=O. The van der Waals surface area contributed by atoms with Crippen molar-refractivity contribution in [3.63, 3.8) is 0 Å². The van der Waals surface area contributed by atoms with Gasteiger partial charge >= 0.3 is 6.03 Å². The van der Waals surface area contributed by atoms with E-state index in [0.717, 1.165) is 29.0 Å². The summed E-state index contributed by atoms with van der Waals surface area (Å²) < 4.78 is 0. The first-order valence-corrected chi connectivity index (χ1v) is 8.21. The number of hydrazine groups is 1. The van der Waals surface area contributed by atoms with Crippen LogP contribution in [0.25, 0.3) is 0 Å². The summed E-state index contributed by atoms with van der Waals surface area (Å²) in [6.45, 7) is 2.64. The van der Waals surface area contributed by atoms with E-state index in [1.54, 1.807) is 0 Å². The summed E-state index contributed by atoms with van der Waals surface area (Å²) in [4.78, 5) is 25.7. The van der Waals surface area contributed by atoms with E-state index in [1.807, 2.05) is 60.7 Å². The minimum Gasteiger partial charge on any atom is -0.314 e. The molecule has 1 aliphatic heterocycles. The van der Waals surface area contributed by atoms with E-state index in [0.29, 0.717) is 6.54 Å². The molecule has 1 fully saturated rings. The molecule has 0 atom stereocenters. The number of benzene rings is 2. The molecule has 124 valence electrons. The fourth-order valence-electron chi connectivity index (χ4n) is 2.98. The summed E-state index contributed by atoms with van der Waals surface area (Å²) in [6.07, 6.45) is 1.87. The summed E-state index contributed by atoms with van der Waals surface area (Å²) in [7, 11) is 0. The summed E-state index contributed by atoms with van der Waals surface area (Å²) in [5.41, 5.74) is 3.24. The number of unbranched alkanes of at least 4 members (excludes halogenated alkanes) is 1. The van der Waals surface area contributed by atoms with Crippen LogP contribution in [-0.4, -0.2) is 23.5 Å². The Morgan fingerprint density at radius 2 is 1.50 bits per heavy atom. The molecule has 1 heterocycles. The van der Waals surface area contributed by atoms with Crippen LogP contribution in [0.1, 0.15) is 30.9 Å². The zero-order valence-electron chi connectivity index (χ0n) is 13.7. The van der Waals surface area contributed by atoms with Crippen LogP contribution in [0.15, 0.2) is 60.7 Å². The Labute approximate surface area is 141 Å². The molecular weight excluding hydrogens is 302 g/mol.